The number of aryl methyl sites for hydroxylation is 1. The van der Waals surface area contributed by atoms with Crippen LogP contribution >= 0.6 is 15.9 Å². The summed E-state index contributed by atoms with van der Waals surface area (Å²) < 4.78 is 15.6. The van der Waals surface area contributed by atoms with Gasteiger partial charge in [0.05, 0.1) is 0 Å². The van der Waals surface area contributed by atoms with E-state index in [4.69, 9.17) is 0 Å². The molecule has 0 saturated carbocycles. The van der Waals surface area contributed by atoms with Gasteiger partial charge in [0.25, 0.3) is 0 Å². The Bertz CT molecular complexity index is 458. The molecule has 4 heteroatoms. The molecule has 0 bridgehead atoms. The van der Waals surface area contributed by atoms with E-state index in [-0.39, 0.29) is 11.9 Å². The number of hydrogen-bond acceptors (Lipinski definition) is 2. The molecule has 118 valence electrons. The molecule has 2 rings (SSSR count). The number of nitrogens with zero attached hydrogens (tertiary/aromatic N) is 1. The van der Waals surface area contributed by atoms with Gasteiger partial charge < -0.3 is 5.32 Å². The van der Waals surface area contributed by atoms with Gasteiger partial charge in [0.2, 0.25) is 0 Å². The van der Waals surface area contributed by atoms with Crippen LogP contribution in [-0.2, 0) is 0 Å². The zero-order valence-corrected chi connectivity index (χ0v) is 14.7. The maximum absolute atomic E-state index is 14.6. The van der Waals surface area contributed by atoms with Gasteiger partial charge in [-0.2, -0.15) is 0 Å². The van der Waals surface area contributed by atoms with E-state index < -0.39 is 0 Å². The molecule has 1 aliphatic rings. The van der Waals surface area contributed by atoms with Crippen LogP contribution in [0.25, 0.3) is 0 Å². The predicted molar refractivity (Wildman–Crippen MR) is 90.2 cm³/mol. The summed E-state index contributed by atoms with van der Waals surface area (Å²) in [6.45, 7) is 8.06. The van der Waals surface area contributed by atoms with Gasteiger partial charge in [-0.1, -0.05) is 42.1 Å². The molecule has 1 aromatic rings. The van der Waals surface area contributed by atoms with Crippen LogP contribution < -0.4 is 5.32 Å². The molecule has 0 radical (unpaired) electrons. The maximum Gasteiger partial charge on any atom is 0.130 e. The highest BCUT2D eigenvalue weighted by molar-refractivity contribution is 9.10. The van der Waals surface area contributed by atoms with E-state index in [1.807, 2.05) is 19.1 Å². The number of unbranched alkanes of at least 4 members (excludes halogenated alkanes) is 2. The minimum Gasteiger partial charge on any atom is -0.314 e. The van der Waals surface area contributed by atoms with E-state index >= 15 is 0 Å². The molecule has 1 aliphatic heterocycles. The first-order valence-electron chi connectivity index (χ1n) is 8.03. The van der Waals surface area contributed by atoms with Crippen LogP contribution in [0.4, 0.5) is 4.39 Å². The minimum absolute atomic E-state index is 0.0294. The third kappa shape index (κ3) is 4.51. The largest absolute Gasteiger partial charge is 0.314 e. The average molecular weight is 357 g/mol. The molecule has 1 heterocycles. The van der Waals surface area contributed by atoms with E-state index in [1.165, 1.54) is 12.8 Å². The van der Waals surface area contributed by atoms with Crippen molar-refractivity contribution >= 4 is 15.9 Å². The summed E-state index contributed by atoms with van der Waals surface area (Å²) in [4.78, 5) is 2.44. The van der Waals surface area contributed by atoms with Crippen molar-refractivity contribution in [3.63, 3.8) is 0 Å². The van der Waals surface area contributed by atoms with Crippen LogP contribution in [0.5, 0.6) is 0 Å². The Labute approximate surface area is 136 Å². The predicted octanol–water partition coefficient (Wildman–Crippen LogP) is 4.42. The fraction of sp³-hybridized carbons (Fsp3) is 0.647. The van der Waals surface area contributed by atoms with Crippen LogP contribution in [0, 0.1) is 12.7 Å². The van der Waals surface area contributed by atoms with Gasteiger partial charge in [0.15, 0.2) is 0 Å². The quantitative estimate of drug-likeness (QED) is 0.758. The Hall–Kier alpha value is -0.450. The molecule has 0 aliphatic carbocycles. The van der Waals surface area contributed by atoms with E-state index in [2.05, 4.69) is 33.1 Å². The lowest BCUT2D eigenvalue weighted by Crippen LogP contribution is -2.45. The third-order valence-corrected chi connectivity index (χ3v) is 4.74. The number of nitrogens with one attached hydrogen (secondary N) is 1. The second kappa shape index (κ2) is 8.25. The summed E-state index contributed by atoms with van der Waals surface area (Å²) in [5, 5.41) is 3.38. The van der Waals surface area contributed by atoms with Gasteiger partial charge in [-0.25, -0.2) is 4.39 Å². The van der Waals surface area contributed by atoms with Crippen molar-refractivity contribution in [3.05, 3.63) is 33.5 Å². The van der Waals surface area contributed by atoms with Crippen molar-refractivity contribution in [2.24, 2.45) is 0 Å². The van der Waals surface area contributed by atoms with E-state index in [0.717, 1.165) is 54.6 Å². The van der Waals surface area contributed by atoms with E-state index in [9.17, 15) is 4.39 Å². The number of benzene rings is 1. The summed E-state index contributed by atoms with van der Waals surface area (Å²) in [5.74, 6) is -0.0294. The van der Waals surface area contributed by atoms with Crippen molar-refractivity contribution in [1.82, 2.24) is 10.2 Å². The molecule has 1 saturated heterocycles. The Balaban J connectivity index is 2.24. The normalized spacial score (nSPS) is 17.9. The van der Waals surface area contributed by atoms with Crippen LogP contribution in [0.15, 0.2) is 16.6 Å². The molecule has 0 unspecified atom stereocenters. The van der Waals surface area contributed by atoms with Crippen molar-refractivity contribution in [3.8, 4) is 0 Å². The molecule has 1 atom stereocenters. The molecular formula is C17H26BrFN2. The molecule has 0 aromatic heterocycles. The SMILES string of the molecule is CCCCC[C@@H](c1cc(Br)cc(C)c1F)N1CCNCC1. The minimum atomic E-state index is -0.0294. The first-order chi connectivity index (χ1) is 10.1. The summed E-state index contributed by atoms with van der Waals surface area (Å²) in [6, 6.07) is 4.04. The second-order valence-electron chi connectivity index (χ2n) is 5.92. The first-order valence-corrected chi connectivity index (χ1v) is 8.83. The first kappa shape index (κ1) is 16.9. The summed E-state index contributed by atoms with van der Waals surface area (Å²) in [5.41, 5.74) is 1.59. The number of rotatable bonds is 6. The third-order valence-electron chi connectivity index (χ3n) is 4.28. The zero-order valence-electron chi connectivity index (χ0n) is 13.1. The zero-order chi connectivity index (χ0) is 15.2. The molecule has 0 spiro atoms. The molecule has 0 amide bonds. The van der Waals surface area contributed by atoms with Crippen LogP contribution in [0.1, 0.15) is 49.8 Å². The topological polar surface area (TPSA) is 15.3 Å². The number of halogens is 2. The molecular weight excluding hydrogens is 331 g/mol. The van der Waals surface area contributed by atoms with Crippen molar-refractivity contribution in [2.45, 2.75) is 45.6 Å². The van der Waals surface area contributed by atoms with Crippen molar-refractivity contribution in [2.75, 3.05) is 26.2 Å². The van der Waals surface area contributed by atoms with Gasteiger partial charge in [-0.05, 0) is 31.0 Å². The van der Waals surface area contributed by atoms with Crippen LogP contribution in [0.2, 0.25) is 0 Å². The Kier molecular flexibility index (Phi) is 6.65. The standard InChI is InChI=1S/C17H26BrFN2/c1-3-4-5-6-16(21-9-7-20-8-10-21)15-12-14(18)11-13(2)17(15)19/h11-12,16,20H,3-10H2,1-2H3/t16-/m0/s1. The van der Waals surface area contributed by atoms with E-state index in [1.54, 1.807) is 0 Å². The smallest absolute Gasteiger partial charge is 0.130 e. The van der Waals surface area contributed by atoms with Crippen molar-refractivity contribution < 1.29 is 4.39 Å². The summed E-state index contributed by atoms with van der Waals surface area (Å²) in [7, 11) is 0. The lowest BCUT2D eigenvalue weighted by atomic mass is 9.96. The molecule has 1 aromatic carbocycles. The highest BCUT2D eigenvalue weighted by Gasteiger charge is 2.25. The highest BCUT2D eigenvalue weighted by Crippen LogP contribution is 2.32. The van der Waals surface area contributed by atoms with Crippen LogP contribution in [-0.4, -0.2) is 31.1 Å². The Morgan fingerprint density at radius 3 is 2.67 bits per heavy atom. The Morgan fingerprint density at radius 1 is 1.29 bits per heavy atom. The monoisotopic (exact) mass is 356 g/mol. The lowest BCUT2D eigenvalue weighted by molar-refractivity contribution is 0.159. The maximum atomic E-state index is 14.6. The van der Waals surface area contributed by atoms with Crippen molar-refractivity contribution in [1.29, 1.82) is 0 Å². The lowest BCUT2D eigenvalue weighted by Gasteiger charge is -2.35. The molecule has 21 heavy (non-hydrogen) atoms. The van der Waals surface area contributed by atoms with Gasteiger partial charge >= 0.3 is 0 Å². The second-order valence-corrected chi connectivity index (χ2v) is 6.84. The fourth-order valence-corrected chi connectivity index (χ4v) is 3.70. The van der Waals surface area contributed by atoms with Gasteiger partial charge in [0.1, 0.15) is 5.82 Å². The van der Waals surface area contributed by atoms with E-state index in [0.29, 0.717) is 0 Å². The van der Waals surface area contributed by atoms with Gasteiger partial charge in [-0.3, -0.25) is 4.90 Å². The van der Waals surface area contributed by atoms with Crippen LogP contribution in [0.3, 0.4) is 0 Å². The summed E-state index contributed by atoms with van der Waals surface area (Å²) >= 11 is 3.52. The number of hydrogen-bond donors (Lipinski definition) is 1. The molecule has 1 fully saturated rings. The fourth-order valence-electron chi connectivity index (χ4n) is 3.11. The van der Waals surface area contributed by atoms with Gasteiger partial charge in [-0.15, -0.1) is 0 Å². The van der Waals surface area contributed by atoms with Gasteiger partial charge in [0, 0.05) is 42.3 Å². The molecule has 2 nitrogen and oxygen atoms in total. The summed E-state index contributed by atoms with van der Waals surface area (Å²) in [6.07, 6.45) is 4.63. The average Bonchev–Trinajstić information content (AvgIpc) is 2.49. The molecule has 1 N–H and O–H groups in total. The number of piperazine rings is 1. The highest BCUT2D eigenvalue weighted by atomic mass is 79.9. The Morgan fingerprint density at radius 2 is 2.00 bits per heavy atom.